The first-order valence-corrected chi connectivity index (χ1v) is 7.20. The average Bonchev–Trinajstić information content (AvgIpc) is 2.18. The zero-order chi connectivity index (χ0) is 12.1. The third-order valence-electron chi connectivity index (χ3n) is 3.38. The average molecular weight is 238 g/mol. The summed E-state index contributed by atoms with van der Waals surface area (Å²) in [6.45, 7) is 10.1. The molecule has 0 saturated heterocycles. The molecule has 92 valence electrons. The maximum Gasteiger partial charge on any atom is 0.319 e. The van der Waals surface area contributed by atoms with E-state index in [2.05, 4.69) is 0 Å². The Balaban J connectivity index is 5.19. The van der Waals surface area contributed by atoms with Gasteiger partial charge in [-0.15, -0.1) is 0 Å². The zero-order valence-electron chi connectivity index (χ0n) is 10.2. The Morgan fingerprint density at radius 1 is 1.07 bits per heavy atom. The molecule has 1 unspecified atom stereocenters. The van der Waals surface area contributed by atoms with Crippen molar-refractivity contribution in [3.63, 3.8) is 0 Å². The Morgan fingerprint density at radius 3 is 1.67 bits per heavy atom. The molecule has 0 aromatic rings. The highest BCUT2D eigenvalue weighted by molar-refractivity contribution is 7.86. The third-order valence-corrected chi connectivity index (χ3v) is 4.75. The molecule has 0 radical (unpaired) electrons. The summed E-state index contributed by atoms with van der Waals surface area (Å²) in [5, 5.41) is -0.664. The van der Waals surface area contributed by atoms with Gasteiger partial charge in [-0.25, -0.2) is 0 Å². The van der Waals surface area contributed by atoms with Gasteiger partial charge in [0.2, 0.25) is 5.37 Å². The summed E-state index contributed by atoms with van der Waals surface area (Å²) in [7, 11) is -3.95. The Kier molecular flexibility index (Phi) is 5.77. The number of hydrogen-bond donors (Lipinski definition) is 1. The highest BCUT2D eigenvalue weighted by Crippen LogP contribution is 2.22. The van der Waals surface area contributed by atoms with Gasteiger partial charge in [0.15, 0.2) is 0 Å². The molecule has 0 fully saturated rings. The molecule has 0 heterocycles. The van der Waals surface area contributed by atoms with Crippen molar-refractivity contribution in [1.29, 1.82) is 0 Å². The van der Waals surface area contributed by atoms with Crippen LogP contribution in [0.1, 0.15) is 40.5 Å². The topological polar surface area (TPSA) is 54.4 Å². The predicted octanol–water partition coefficient (Wildman–Crippen LogP) is 1.88. The van der Waals surface area contributed by atoms with Gasteiger partial charge >= 0.3 is 10.1 Å². The highest BCUT2D eigenvalue weighted by atomic mass is 32.2. The number of hydrogen-bond acceptors (Lipinski definition) is 2. The molecule has 1 atom stereocenters. The number of rotatable bonds is 7. The van der Waals surface area contributed by atoms with E-state index >= 15 is 0 Å². The lowest BCUT2D eigenvalue weighted by molar-refractivity contribution is -0.934. The second kappa shape index (κ2) is 5.82. The van der Waals surface area contributed by atoms with E-state index in [1.54, 1.807) is 0 Å². The molecular formula is C10H24NO3S+. The van der Waals surface area contributed by atoms with E-state index in [1.807, 2.05) is 27.7 Å². The van der Waals surface area contributed by atoms with Gasteiger partial charge in [-0.1, -0.05) is 6.92 Å². The molecule has 0 aliphatic rings. The fourth-order valence-corrected chi connectivity index (χ4v) is 3.78. The standard InChI is InChI=1S/C10H23NO3S/c1-5-9-10(15(12,13)14)11(6-2,7-3)8-4/h10H,5-9H2,1-4H3/p+1. The van der Waals surface area contributed by atoms with Gasteiger partial charge in [-0.05, 0) is 27.2 Å². The SMILES string of the molecule is CCCC([N+](CC)(CC)CC)S(=O)(=O)O. The fourth-order valence-electron chi connectivity index (χ4n) is 2.23. The molecule has 0 spiro atoms. The molecule has 4 nitrogen and oxygen atoms in total. The van der Waals surface area contributed by atoms with Gasteiger partial charge in [-0.2, -0.15) is 8.42 Å². The minimum Gasteiger partial charge on any atom is -0.307 e. The van der Waals surface area contributed by atoms with Crippen LogP contribution in [0.15, 0.2) is 0 Å². The molecule has 0 aromatic carbocycles. The molecular weight excluding hydrogens is 214 g/mol. The van der Waals surface area contributed by atoms with E-state index in [9.17, 15) is 13.0 Å². The summed E-state index contributed by atoms with van der Waals surface area (Å²) >= 11 is 0. The van der Waals surface area contributed by atoms with Crippen LogP contribution in [-0.4, -0.2) is 42.5 Å². The van der Waals surface area contributed by atoms with Crippen LogP contribution >= 0.6 is 0 Å². The molecule has 0 aromatic heterocycles. The van der Waals surface area contributed by atoms with Crippen LogP contribution in [0, 0.1) is 0 Å². The molecule has 15 heavy (non-hydrogen) atoms. The van der Waals surface area contributed by atoms with Crippen LogP contribution < -0.4 is 0 Å². The molecule has 1 N–H and O–H groups in total. The van der Waals surface area contributed by atoms with Crippen molar-refractivity contribution < 1.29 is 17.5 Å². The van der Waals surface area contributed by atoms with Gasteiger partial charge < -0.3 is 4.48 Å². The molecule has 0 amide bonds. The second-order valence-corrected chi connectivity index (χ2v) is 5.50. The minimum atomic E-state index is -3.95. The number of quaternary nitrogens is 1. The first-order chi connectivity index (χ1) is 6.87. The Labute approximate surface area is 93.6 Å². The Hall–Kier alpha value is -0.130. The van der Waals surface area contributed by atoms with Crippen LogP contribution in [0.5, 0.6) is 0 Å². The summed E-state index contributed by atoms with van der Waals surface area (Å²) in [6, 6.07) is 0. The predicted molar refractivity (Wildman–Crippen MR) is 62.1 cm³/mol. The van der Waals surface area contributed by atoms with E-state index in [4.69, 9.17) is 0 Å². The van der Waals surface area contributed by atoms with Crippen LogP contribution in [0.4, 0.5) is 0 Å². The van der Waals surface area contributed by atoms with Crippen molar-refractivity contribution in [2.45, 2.75) is 45.9 Å². The quantitative estimate of drug-likeness (QED) is 0.544. The van der Waals surface area contributed by atoms with E-state index in [0.29, 0.717) is 10.9 Å². The summed E-state index contributed by atoms with van der Waals surface area (Å²) in [6.07, 6.45) is 1.29. The maximum atomic E-state index is 11.4. The second-order valence-electron chi connectivity index (χ2n) is 3.93. The lowest BCUT2D eigenvalue weighted by Crippen LogP contribution is -2.58. The summed E-state index contributed by atoms with van der Waals surface area (Å²) in [5.41, 5.74) is 0. The van der Waals surface area contributed by atoms with Gasteiger partial charge in [0, 0.05) is 6.42 Å². The van der Waals surface area contributed by atoms with E-state index in [0.717, 1.165) is 26.1 Å². The van der Waals surface area contributed by atoms with E-state index in [1.165, 1.54) is 0 Å². The molecule has 0 rings (SSSR count). The van der Waals surface area contributed by atoms with Crippen molar-refractivity contribution in [2.75, 3.05) is 19.6 Å². The molecule has 0 aliphatic heterocycles. The van der Waals surface area contributed by atoms with E-state index in [-0.39, 0.29) is 0 Å². The summed E-state index contributed by atoms with van der Waals surface area (Å²) in [5.74, 6) is 0. The monoisotopic (exact) mass is 238 g/mol. The van der Waals surface area contributed by atoms with Gasteiger partial charge in [0.25, 0.3) is 0 Å². The molecule has 0 bridgehead atoms. The van der Waals surface area contributed by atoms with Gasteiger partial charge in [-0.3, -0.25) is 4.55 Å². The fraction of sp³-hybridized carbons (Fsp3) is 1.00. The van der Waals surface area contributed by atoms with Crippen molar-refractivity contribution in [2.24, 2.45) is 0 Å². The normalized spacial score (nSPS) is 15.3. The Morgan fingerprint density at radius 2 is 1.47 bits per heavy atom. The van der Waals surface area contributed by atoms with Gasteiger partial charge in [0.05, 0.1) is 19.6 Å². The van der Waals surface area contributed by atoms with Crippen LogP contribution in [0.3, 0.4) is 0 Å². The Bertz CT molecular complexity index is 262. The van der Waals surface area contributed by atoms with Crippen molar-refractivity contribution in [1.82, 2.24) is 0 Å². The smallest absolute Gasteiger partial charge is 0.307 e. The summed E-state index contributed by atoms with van der Waals surface area (Å²) in [4.78, 5) is 0. The van der Waals surface area contributed by atoms with Crippen LogP contribution in [-0.2, 0) is 10.1 Å². The lowest BCUT2D eigenvalue weighted by Gasteiger charge is -2.41. The molecule has 0 saturated carbocycles. The highest BCUT2D eigenvalue weighted by Gasteiger charge is 2.40. The maximum absolute atomic E-state index is 11.4. The lowest BCUT2D eigenvalue weighted by atomic mass is 10.2. The summed E-state index contributed by atoms with van der Waals surface area (Å²) < 4.78 is 32.5. The minimum absolute atomic E-state index is 0.451. The van der Waals surface area contributed by atoms with Crippen LogP contribution in [0.2, 0.25) is 0 Å². The van der Waals surface area contributed by atoms with Crippen molar-refractivity contribution >= 4 is 10.1 Å². The van der Waals surface area contributed by atoms with Crippen LogP contribution in [0.25, 0.3) is 0 Å². The van der Waals surface area contributed by atoms with Crippen molar-refractivity contribution in [3.8, 4) is 0 Å². The van der Waals surface area contributed by atoms with E-state index < -0.39 is 15.5 Å². The molecule has 0 aliphatic carbocycles. The third kappa shape index (κ3) is 3.43. The first-order valence-electron chi connectivity index (χ1n) is 5.70. The zero-order valence-corrected chi connectivity index (χ0v) is 11.0. The number of nitrogens with zero attached hydrogens (tertiary/aromatic N) is 1. The molecule has 5 heteroatoms. The van der Waals surface area contributed by atoms with Gasteiger partial charge in [0.1, 0.15) is 0 Å². The first kappa shape index (κ1) is 14.9. The van der Waals surface area contributed by atoms with Crippen molar-refractivity contribution in [3.05, 3.63) is 0 Å². The largest absolute Gasteiger partial charge is 0.319 e.